The first-order valence-electron chi connectivity index (χ1n) is 7.48. The maximum Gasteiger partial charge on any atom is 0.103 e. The van der Waals surface area contributed by atoms with E-state index in [1.54, 1.807) is 6.20 Å². The zero-order valence-electron chi connectivity index (χ0n) is 11.9. The van der Waals surface area contributed by atoms with Crippen molar-refractivity contribution in [3.05, 3.63) is 36.0 Å². The van der Waals surface area contributed by atoms with Crippen LogP contribution in [0.4, 0.5) is 5.69 Å². The van der Waals surface area contributed by atoms with E-state index in [0.29, 0.717) is 5.56 Å². The van der Waals surface area contributed by atoms with Gasteiger partial charge in [0.25, 0.3) is 0 Å². The first-order chi connectivity index (χ1) is 10.3. The van der Waals surface area contributed by atoms with E-state index >= 15 is 0 Å². The number of pyridine rings is 1. The van der Waals surface area contributed by atoms with Crippen LogP contribution in [-0.4, -0.2) is 22.7 Å². The van der Waals surface area contributed by atoms with E-state index < -0.39 is 0 Å². The number of anilines is 1. The summed E-state index contributed by atoms with van der Waals surface area (Å²) in [6.45, 7) is 0.197. The monoisotopic (exact) mass is 281 g/mol. The maximum atomic E-state index is 9.56. The summed E-state index contributed by atoms with van der Waals surface area (Å²) in [5.74, 6) is 0.261. The number of nitriles is 1. The predicted molar refractivity (Wildman–Crippen MR) is 82.9 cm³/mol. The van der Waals surface area contributed by atoms with E-state index in [2.05, 4.69) is 16.4 Å². The molecule has 4 nitrogen and oxygen atoms in total. The summed E-state index contributed by atoms with van der Waals surface area (Å²) >= 11 is 0. The summed E-state index contributed by atoms with van der Waals surface area (Å²) in [6.07, 6.45) is 6.04. The molecule has 2 aromatic rings. The zero-order valence-corrected chi connectivity index (χ0v) is 11.9. The minimum Gasteiger partial charge on any atom is -0.396 e. The molecule has 0 spiro atoms. The molecule has 3 rings (SSSR count). The molecule has 21 heavy (non-hydrogen) atoms. The first-order valence-corrected chi connectivity index (χ1v) is 7.48. The number of para-hydroxylation sites is 1. The average Bonchev–Trinajstić information content (AvgIpc) is 2.55. The molecule has 0 amide bonds. The summed E-state index contributed by atoms with van der Waals surface area (Å²) in [5, 5.41) is 23.4. The highest BCUT2D eigenvalue weighted by molar-refractivity contribution is 5.93. The van der Waals surface area contributed by atoms with Crippen LogP contribution in [0.1, 0.15) is 31.2 Å². The Balaban J connectivity index is 2.00. The van der Waals surface area contributed by atoms with Crippen LogP contribution in [0.3, 0.4) is 0 Å². The minimum absolute atomic E-state index is 0.197. The lowest BCUT2D eigenvalue weighted by atomic mass is 9.84. The van der Waals surface area contributed by atoms with Crippen LogP contribution in [0, 0.1) is 17.2 Å². The summed E-state index contributed by atoms with van der Waals surface area (Å²) in [7, 11) is 0. The zero-order chi connectivity index (χ0) is 14.7. The van der Waals surface area contributed by atoms with Crippen molar-refractivity contribution in [2.75, 3.05) is 11.9 Å². The molecule has 1 aliphatic carbocycles. The number of hydrogen-bond acceptors (Lipinski definition) is 4. The highest BCUT2D eigenvalue weighted by Gasteiger charge is 2.25. The third-order valence-electron chi connectivity index (χ3n) is 4.37. The van der Waals surface area contributed by atoms with Crippen molar-refractivity contribution >= 4 is 16.6 Å². The molecule has 108 valence electrons. The van der Waals surface area contributed by atoms with E-state index in [9.17, 15) is 10.4 Å². The van der Waals surface area contributed by atoms with Crippen molar-refractivity contribution in [2.24, 2.45) is 5.92 Å². The second-order valence-corrected chi connectivity index (χ2v) is 5.65. The smallest absolute Gasteiger partial charge is 0.103 e. The number of benzene rings is 1. The van der Waals surface area contributed by atoms with Crippen molar-refractivity contribution in [1.29, 1.82) is 5.26 Å². The van der Waals surface area contributed by atoms with Gasteiger partial charge >= 0.3 is 0 Å². The van der Waals surface area contributed by atoms with Crippen LogP contribution in [0.2, 0.25) is 0 Å². The molecule has 2 N–H and O–H groups in total. The van der Waals surface area contributed by atoms with Crippen LogP contribution in [0.15, 0.2) is 30.5 Å². The van der Waals surface area contributed by atoms with E-state index in [4.69, 9.17) is 0 Å². The standard InChI is InChI=1S/C17H19N3O/c18-9-13-10-19-16-8-4-2-6-14(16)17(13)20-15-7-3-1-5-12(15)11-21/h2,4,6,8,10,12,15,21H,1,3,5,7,11H2,(H,19,20). The van der Waals surface area contributed by atoms with Crippen molar-refractivity contribution < 1.29 is 5.11 Å². The third kappa shape index (κ3) is 2.70. The fourth-order valence-electron chi connectivity index (χ4n) is 3.18. The van der Waals surface area contributed by atoms with Gasteiger partial charge in [0, 0.05) is 30.1 Å². The van der Waals surface area contributed by atoms with Crippen molar-refractivity contribution in [1.82, 2.24) is 4.98 Å². The van der Waals surface area contributed by atoms with Gasteiger partial charge in [0.15, 0.2) is 0 Å². The molecule has 1 aromatic heterocycles. The minimum atomic E-state index is 0.197. The molecule has 1 heterocycles. The Morgan fingerprint density at radius 1 is 1.29 bits per heavy atom. The molecule has 2 unspecified atom stereocenters. The van der Waals surface area contributed by atoms with Crippen LogP contribution in [-0.2, 0) is 0 Å². The molecule has 1 aromatic carbocycles. The lowest BCUT2D eigenvalue weighted by molar-refractivity contribution is 0.178. The molecule has 4 heteroatoms. The lowest BCUT2D eigenvalue weighted by Crippen LogP contribution is -2.34. The van der Waals surface area contributed by atoms with E-state index in [1.165, 1.54) is 12.8 Å². The number of aliphatic hydroxyl groups is 1. The third-order valence-corrected chi connectivity index (χ3v) is 4.37. The number of fused-ring (bicyclic) bond motifs is 1. The highest BCUT2D eigenvalue weighted by Crippen LogP contribution is 2.31. The normalized spacial score (nSPS) is 21.9. The molecule has 1 saturated carbocycles. The van der Waals surface area contributed by atoms with Crippen molar-refractivity contribution in [3.63, 3.8) is 0 Å². The van der Waals surface area contributed by atoms with Gasteiger partial charge in [-0.3, -0.25) is 4.98 Å². The Kier molecular flexibility index (Phi) is 4.03. The van der Waals surface area contributed by atoms with Gasteiger partial charge < -0.3 is 10.4 Å². The van der Waals surface area contributed by atoms with Gasteiger partial charge in [-0.2, -0.15) is 5.26 Å². The second kappa shape index (κ2) is 6.11. The van der Waals surface area contributed by atoms with Gasteiger partial charge in [-0.25, -0.2) is 0 Å². The van der Waals surface area contributed by atoms with E-state index in [1.807, 2.05) is 24.3 Å². The van der Waals surface area contributed by atoms with Gasteiger partial charge in [-0.1, -0.05) is 31.0 Å². The van der Waals surface area contributed by atoms with Crippen LogP contribution >= 0.6 is 0 Å². The quantitative estimate of drug-likeness (QED) is 0.907. The second-order valence-electron chi connectivity index (χ2n) is 5.65. The number of nitrogens with zero attached hydrogens (tertiary/aromatic N) is 2. The lowest BCUT2D eigenvalue weighted by Gasteiger charge is -2.32. The summed E-state index contributed by atoms with van der Waals surface area (Å²) in [5.41, 5.74) is 2.31. The van der Waals surface area contributed by atoms with Gasteiger partial charge in [-0.15, -0.1) is 0 Å². The predicted octanol–water partition coefficient (Wildman–Crippen LogP) is 3.07. The molecule has 0 saturated heterocycles. The van der Waals surface area contributed by atoms with Crippen LogP contribution < -0.4 is 5.32 Å². The summed E-state index contributed by atoms with van der Waals surface area (Å²) in [4.78, 5) is 4.33. The topological polar surface area (TPSA) is 68.9 Å². The van der Waals surface area contributed by atoms with Gasteiger partial charge in [0.05, 0.1) is 16.8 Å². The fourth-order valence-corrected chi connectivity index (χ4v) is 3.18. The van der Waals surface area contributed by atoms with Crippen molar-refractivity contribution in [3.8, 4) is 6.07 Å². The van der Waals surface area contributed by atoms with Crippen LogP contribution in [0.25, 0.3) is 10.9 Å². The number of hydrogen-bond donors (Lipinski definition) is 2. The molecular weight excluding hydrogens is 262 g/mol. The summed E-state index contributed by atoms with van der Waals surface area (Å²) in [6, 6.07) is 10.3. The van der Waals surface area contributed by atoms with Gasteiger partial charge in [-0.05, 0) is 18.9 Å². The number of aliphatic hydroxyl groups excluding tert-OH is 1. The Bertz CT molecular complexity index is 677. The molecule has 2 atom stereocenters. The molecule has 1 aliphatic rings. The Morgan fingerprint density at radius 2 is 2.10 bits per heavy atom. The van der Waals surface area contributed by atoms with E-state index in [0.717, 1.165) is 29.4 Å². The van der Waals surface area contributed by atoms with Crippen molar-refractivity contribution in [2.45, 2.75) is 31.7 Å². The first kappa shape index (κ1) is 13.8. The summed E-state index contributed by atoms with van der Waals surface area (Å²) < 4.78 is 0. The average molecular weight is 281 g/mol. The SMILES string of the molecule is N#Cc1cnc2ccccc2c1NC1CCCCC1CO. The molecule has 1 fully saturated rings. The molecular formula is C17H19N3O. The highest BCUT2D eigenvalue weighted by atomic mass is 16.3. The van der Waals surface area contributed by atoms with Gasteiger partial charge in [0.1, 0.15) is 6.07 Å². The Morgan fingerprint density at radius 3 is 2.90 bits per heavy atom. The van der Waals surface area contributed by atoms with E-state index in [-0.39, 0.29) is 18.6 Å². The largest absolute Gasteiger partial charge is 0.396 e. The number of aromatic nitrogens is 1. The maximum absolute atomic E-state index is 9.56. The fraction of sp³-hybridized carbons (Fsp3) is 0.412. The Labute approximate surface area is 124 Å². The Hall–Kier alpha value is -2.12. The molecule has 0 bridgehead atoms. The van der Waals surface area contributed by atoms with Gasteiger partial charge in [0.2, 0.25) is 0 Å². The number of nitrogens with one attached hydrogen (secondary N) is 1. The van der Waals surface area contributed by atoms with Crippen LogP contribution in [0.5, 0.6) is 0 Å². The molecule has 0 aliphatic heterocycles. The number of rotatable bonds is 3. The molecule has 0 radical (unpaired) electrons.